The van der Waals surface area contributed by atoms with Crippen molar-refractivity contribution in [3.05, 3.63) is 86.6 Å². The Balaban J connectivity index is 1.64. The summed E-state index contributed by atoms with van der Waals surface area (Å²) in [5, 5.41) is 19.5. The highest BCUT2D eigenvalue weighted by molar-refractivity contribution is 8.18. The van der Waals surface area contributed by atoms with E-state index in [1.54, 1.807) is 54.8 Å². The molecule has 10 heteroatoms. The Kier molecular flexibility index (Phi) is 7.62. The SMILES string of the molecule is CCOc1cc(/C=C2\S/C(=N/N=C\c3cccc(Cl)c3Cl)N(Cc3ccco3)C2=O)ccc1O. The van der Waals surface area contributed by atoms with Gasteiger partial charge >= 0.3 is 0 Å². The van der Waals surface area contributed by atoms with Crippen LogP contribution in [0.3, 0.4) is 0 Å². The number of phenolic OH excluding ortho intramolecular Hbond substituents is 1. The Labute approximate surface area is 210 Å². The third-order valence-electron chi connectivity index (χ3n) is 4.69. The fourth-order valence-electron chi connectivity index (χ4n) is 3.08. The second kappa shape index (κ2) is 10.8. The lowest BCUT2D eigenvalue weighted by Crippen LogP contribution is -2.28. The van der Waals surface area contributed by atoms with Gasteiger partial charge in [0.2, 0.25) is 0 Å². The quantitative estimate of drug-likeness (QED) is 0.230. The average molecular weight is 516 g/mol. The average Bonchev–Trinajstić information content (AvgIpc) is 3.43. The van der Waals surface area contributed by atoms with Gasteiger partial charge in [0.15, 0.2) is 16.7 Å². The van der Waals surface area contributed by atoms with Crippen LogP contribution < -0.4 is 4.74 Å². The van der Waals surface area contributed by atoms with Crippen LogP contribution >= 0.6 is 35.0 Å². The van der Waals surface area contributed by atoms with Gasteiger partial charge in [-0.2, -0.15) is 5.10 Å². The Hall–Kier alpha value is -3.20. The number of nitrogens with zero attached hydrogens (tertiary/aromatic N) is 3. The Bertz CT molecular complexity index is 1290. The lowest BCUT2D eigenvalue weighted by Gasteiger charge is -2.12. The maximum Gasteiger partial charge on any atom is 0.267 e. The summed E-state index contributed by atoms with van der Waals surface area (Å²) in [4.78, 5) is 15.1. The van der Waals surface area contributed by atoms with Gasteiger partial charge in [-0.05, 0) is 60.7 Å². The van der Waals surface area contributed by atoms with Crippen molar-refractivity contribution in [1.82, 2.24) is 4.90 Å². The first kappa shape index (κ1) is 23.9. The molecule has 4 rings (SSSR count). The van der Waals surface area contributed by atoms with E-state index in [2.05, 4.69) is 10.2 Å². The van der Waals surface area contributed by atoms with E-state index in [-0.39, 0.29) is 18.2 Å². The number of furan rings is 1. The van der Waals surface area contributed by atoms with Gasteiger partial charge in [-0.15, -0.1) is 5.10 Å². The summed E-state index contributed by atoms with van der Waals surface area (Å²) in [5.74, 6) is 0.733. The van der Waals surface area contributed by atoms with Crippen LogP contribution in [0, 0.1) is 0 Å². The molecule has 0 saturated carbocycles. The lowest BCUT2D eigenvalue weighted by atomic mass is 10.2. The van der Waals surface area contributed by atoms with Gasteiger partial charge in [0.1, 0.15) is 5.76 Å². The molecule has 1 saturated heterocycles. The molecule has 0 unspecified atom stereocenters. The number of carbonyl (C=O) groups excluding carboxylic acids is 1. The molecule has 0 bridgehead atoms. The molecule has 1 aliphatic heterocycles. The van der Waals surface area contributed by atoms with Crippen LogP contribution in [0.5, 0.6) is 11.5 Å². The largest absolute Gasteiger partial charge is 0.504 e. The van der Waals surface area contributed by atoms with Crippen LogP contribution in [0.4, 0.5) is 0 Å². The molecule has 1 N–H and O–H groups in total. The number of hydrogen-bond acceptors (Lipinski definition) is 7. The molecule has 1 aliphatic rings. The maximum atomic E-state index is 13.2. The van der Waals surface area contributed by atoms with Crippen molar-refractivity contribution in [2.45, 2.75) is 13.5 Å². The van der Waals surface area contributed by atoms with E-state index in [0.29, 0.717) is 49.4 Å². The first-order chi connectivity index (χ1) is 16.5. The molecule has 34 heavy (non-hydrogen) atoms. The van der Waals surface area contributed by atoms with Gasteiger partial charge < -0.3 is 14.3 Å². The standard InChI is InChI=1S/C24H19Cl2N3O4S/c1-2-32-20-11-15(8-9-19(20)30)12-21-23(31)29(14-17-6-4-10-33-17)24(34-21)28-27-13-16-5-3-7-18(25)22(16)26/h3-13,30H,2,14H2,1H3/b21-12-,27-13-,28-24+. The second-order valence-corrected chi connectivity index (χ2v) is 8.81. The molecule has 0 atom stereocenters. The number of amides is 1. The normalized spacial score (nSPS) is 16.3. The van der Waals surface area contributed by atoms with E-state index in [0.717, 1.165) is 0 Å². The zero-order chi connectivity index (χ0) is 24.1. The predicted molar refractivity (Wildman–Crippen MR) is 136 cm³/mol. The first-order valence-electron chi connectivity index (χ1n) is 10.2. The highest BCUT2D eigenvalue weighted by Gasteiger charge is 2.34. The summed E-state index contributed by atoms with van der Waals surface area (Å²) in [5.41, 5.74) is 1.30. The molecule has 1 fully saturated rings. The van der Waals surface area contributed by atoms with Crippen molar-refractivity contribution in [3.63, 3.8) is 0 Å². The van der Waals surface area contributed by atoms with Crippen molar-refractivity contribution in [3.8, 4) is 11.5 Å². The summed E-state index contributed by atoms with van der Waals surface area (Å²) >= 11 is 13.4. The summed E-state index contributed by atoms with van der Waals surface area (Å²) in [6.45, 7) is 2.43. The Morgan fingerprint density at radius 3 is 2.82 bits per heavy atom. The first-order valence-corrected chi connectivity index (χ1v) is 11.8. The summed E-state index contributed by atoms with van der Waals surface area (Å²) in [6, 6.07) is 13.6. The molecule has 0 radical (unpaired) electrons. The molecule has 2 heterocycles. The van der Waals surface area contributed by atoms with Crippen LogP contribution in [0.15, 0.2) is 74.3 Å². The number of benzene rings is 2. The summed E-state index contributed by atoms with van der Waals surface area (Å²) in [7, 11) is 0. The van der Waals surface area contributed by atoms with Crippen LogP contribution in [-0.4, -0.2) is 33.9 Å². The number of rotatable bonds is 7. The zero-order valence-electron chi connectivity index (χ0n) is 17.9. The Morgan fingerprint density at radius 2 is 2.06 bits per heavy atom. The molecule has 2 aromatic carbocycles. The number of thioether (sulfide) groups is 1. The lowest BCUT2D eigenvalue weighted by molar-refractivity contribution is -0.122. The third kappa shape index (κ3) is 5.47. The minimum absolute atomic E-state index is 0.0325. The molecule has 3 aromatic rings. The number of amidine groups is 1. The summed E-state index contributed by atoms with van der Waals surface area (Å²) in [6.07, 6.45) is 4.74. The van der Waals surface area contributed by atoms with Gasteiger partial charge in [-0.1, -0.05) is 41.4 Å². The van der Waals surface area contributed by atoms with Gasteiger partial charge in [0.25, 0.3) is 5.91 Å². The minimum Gasteiger partial charge on any atom is -0.504 e. The summed E-state index contributed by atoms with van der Waals surface area (Å²) < 4.78 is 10.8. The van der Waals surface area contributed by atoms with E-state index in [9.17, 15) is 9.90 Å². The molecular formula is C24H19Cl2N3O4S. The van der Waals surface area contributed by atoms with Crippen molar-refractivity contribution in [2.75, 3.05) is 6.61 Å². The van der Waals surface area contributed by atoms with E-state index < -0.39 is 0 Å². The van der Waals surface area contributed by atoms with Gasteiger partial charge in [0, 0.05) is 5.56 Å². The van der Waals surface area contributed by atoms with Crippen molar-refractivity contribution >= 4 is 58.3 Å². The molecule has 0 aliphatic carbocycles. The predicted octanol–water partition coefficient (Wildman–Crippen LogP) is 6.20. The van der Waals surface area contributed by atoms with Crippen LogP contribution in [0.25, 0.3) is 6.08 Å². The highest BCUT2D eigenvalue weighted by Crippen LogP contribution is 2.35. The maximum absolute atomic E-state index is 13.2. The fourth-order valence-corrected chi connectivity index (χ4v) is 4.38. The third-order valence-corrected chi connectivity index (χ3v) is 6.52. The molecular weight excluding hydrogens is 497 g/mol. The van der Waals surface area contributed by atoms with E-state index >= 15 is 0 Å². The van der Waals surface area contributed by atoms with Gasteiger partial charge in [0.05, 0.1) is 40.6 Å². The number of carbonyl (C=O) groups is 1. The van der Waals surface area contributed by atoms with E-state index in [4.69, 9.17) is 32.4 Å². The molecule has 174 valence electrons. The zero-order valence-corrected chi connectivity index (χ0v) is 20.3. The van der Waals surface area contributed by atoms with Crippen LogP contribution in [-0.2, 0) is 11.3 Å². The molecule has 0 spiro atoms. The van der Waals surface area contributed by atoms with Crippen LogP contribution in [0.1, 0.15) is 23.8 Å². The number of ether oxygens (including phenoxy) is 1. The monoisotopic (exact) mass is 515 g/mol. The highest BCUT2D eigenvalue weighted by atomic mass is 35.5. The topological polar surface area (TPSA) is 87.6 Å². The smallest absolute Gasteiger partial charge is 0.267 e. The van der Waals surface area contributed by atoms with E-state index in [1.165, 1.54) is 28.9 Å². The number of halogens is 2. The molecule has 1 aromatic heterocycles. The molecule has 7 nitrogen and oxygen atoms in total. The fraction of sp³-hybridized carbons (Fsp3) is 0.125. The van der Waals surface area contributed by atoms with Gasteiger partial charge in [-0.25, -0.2) is 0 Å². The Morgan fingerprint density at radius 1 is 1.21 bits per heavy atom. The van der Waals surface area contributed by atoms with Crippen molar-refractivity contribution in [1.29, 1.82) is 0 Å². The van der Waals surface area contributed by atoms with Crippen LogP contribution in [0.2, 0.25) is 10.0 Å². The number of hydrogen-bond donors (Lipinski definition) is 1. The van der Waals surface area contributed by atoms with Crippen molar-refractivity contribution < 1.29 is 19.1 Å². The second-order valence-electron chi connectivity index (χ2n) is 7.01. The number of phenols is 1. The number of aromatic hydroxyl groups is 1. The van der Waals surface area contributed by atoms with Gasteiger partial charge in [-0.3, -0.25) is 9.69 Å². The minimum atomic E-state index is -0.248. The van der Waals surface area contributed by atoms with Crippen molar-refractivity contribution in [2.24, 2.45) is 10.2 Å². The molecule has 1 amide bonds. The van der Waals surface area contributed by atoms with E-state index in [1.807, 2.05) is 6.92 Å².